The quantitative estimate of drug-likeness (QED) is 0.436. The molecule has 204 valence electrons. The lowest BCUT2D eigenvalue weighted by molar-refractivity contribution is -0.0940. The van der Waals surface area contributed by atoms with Crippen LogP contribution in [0.4, 0.5) is 0 Å². The smallest absolute Gasteiger partial charge is 0.0125 e. The van der Waals surface area contributed by atoms with Gasteiger partial charge in [-0.2, -0.15) is 0 Å². The lowest BCUT2D eigenvalue weighted by Gasteiger charge is -2.59. The molecule has 0 N–H and O–H groups in total. The maximum atomic E-state index is 2.83. The van der Waals surface area contributed by atoms with Gasteiger partial charge in [-0.3, -0.25) is 4.90 Å². The van der Waals surface area contributed by atoms with Gasteiger partial charge in [0.05, 0.1) is 0 Å². The van der Waals surface area contributed by atoms with Crippen molar-refractivity contribution in [3.05, 3.63) is 0 Å². The number of fused-ring (bicyclic) bond motifs is 1. The standard InChI is InChI=1S/C31H60N4/c1-24(2)34-16-12-28-20-32(15-11-29(28)21-34)19-26(4)25(3)9-10-27(5)33-17-13-31(14-18-33)22-35(23-31)30(6,7)8/h24-29H,9-23H2,1-8H3. The van der Waals surface area contributed by atoms with Crippen LogP contribution < -0.4 is 0 Å². The fourth-order valence-corrected chi connectivity index (χ4v) is 7.63. The Morgan fingerprint density at radius 1 is 0.743 bits per heavy atom. The Kier molecular flexibility index (Phi) is 8.99. The van der Waals surface area contributed by atoms with E-state index in [0.29, 0.717) is 11.0 Å². The van der Waals surface area contributed by atoms with E-state index in [4.69, 9.17) is 0 Å². The molecule has 0 amide bonds. The summed E-state index contributed by atoms with van der Waals surface area (Å²) in [6.07, 6.45) is 8.46. The van der Waals surface area contributed by atoms with Crippen LogP contribution >= 0.6 is 0 Å². The minimum absolute atomic E-state index is 0.351. The van der Waals surface area contributed by atoms with Crippen LogP contribution in [0.5, 0.6) is 0 Å². The second-order valence-corrected chi connectivity index (χ2v) is 14.9. The summed E-state index contributed by atoms with van der Waals surface area (Å²) in [4.78, 5) is 11.1. The van der Waals surface area contributed by atoms with Gasteiger partial charge in [0.25, 0.3) is 0 Å². The van der Waals surface area contributed by atoms with Crippen molar-refractivity contribution in [2.24, 2.45) is 29.1 Å². The SMILES string of the molecule is CC(CCC(C)N1CCC2(CC1)CN(C(C)(C)C)C2)C(C)CN1CCC2CN(C(C)C)CCC2C1. The monoisotopic (exact) mass is 488 g/mol. The van der Waals surface area contributed by atoms with E-state index >= 15 is 0 Å². The van der Waals surface area contributed by atoms with Gasteiger partial charge in [0.1, 0.15) is 0 Å². The largest absolute Gasteiger partial charge is 0.303 e. The van der Waals surface area contributed by atoms with E-state index in [0.717, 1.165) is 35.8 Å². The topological polar surface area (TPSA) is 13.0 Å². The van der Waals surface area contributed by atoms with Crippen molar-refractivity contribution in [1.82, 2.24) is 19.6 Å². The van der Waals surface area contributed by atoms with Gasteiger partial charge in [0.2, 0.25) is 0 Å². The molecule has 0 saturated carbocycles. The molecule has 4 fully saturated rings. The van der Waals surface area contributed by atoms with Crippen LogP contribution in [-0.4, -0.2) is 96.1 Å². The lowest BCUT2D eigenvalue weighted by atomic mass is 9.70. The third-order valence-electron chi connectivity index (χ3n) is 11.0. The Bertz CT molecular complexity index is 653. The van der Waals surface area contributed by atoms with Crippen molar-refractivity contribution >= 4 is 0 Å². The van der Waals surface area contributed by atoms with E-state index in [1.165, 1.54) is 97.4 Å². The third kappa shape index (κ3) is 6.84. The summed E-state index contributed by atoms with van der Waals surface area (Å²) < 4.78 is 0. The van der Waals surface area contributed by atoms with Crippen molar-refractivity contribution < 1.29 is 0 Å². The molecule has 4 aliphatic rings. The van der Waals surface area contributed by atoms with Crippen LogP contribution in [0.3, 0.4) is 0 Å². The zero-order valence-corrected chi connectivity index (χ0v) is 24.9. The van der Waals surface area contributed by atoms with E-state index in [2.05, 4.69) is 75.0 Å². The van der Waals surface area contributed by atoms with Crippen molar-refractivity contribution in [1.29, 1.82) is 0 Å². The number of hydrogen-bond donors (Lipinski definition) is 0. The molecule has 0 aromatic rings. The maximum Gasteiger partial charge on any atom is 0.0125 e. The maximum absolute atomic E-state index is 2.83. The predicted octanol–water partition coefficient (Wildman–Crippen LogP) is 5.68. The van der Waals surface area contributed by atoms with E-state index in [1.54, 1.807) is 0 Å². The van der Waals surface area contributed by atoms with Gasteiger partial charge in [-0.25, -0.2) is 0 Å². The highest BCUT2D eigenvalue weighted by Crippen LogP contribution is 2.44. The van der Waals surface area contributed by atoms with Crippen LogP contribution in [-0.2, 0) is 0 Å². The molecule has 0 aromatic carbocycles. The normalized spacial score (nSPS) is 31.8. The molecule has 0 bridgehead atoms. The van der Waals surface area contributed by atoms with Crippen LogP contribution in [0, 0.1) is 29.1 Å². The first-order chi connectivity index (χ1) is 16.5. The zero-order valence-electron chi connectivity index (χ0n) is 24.9. The Balaban J connectivity index is 1.13. The minimum atomic E-state index is 0.351. The van der Waals surface area contributed by atoms with E-state index in [1.807, 2.05) is 0 Å². The molecule has 4 heteroatoms. The molecule has 5 unspecified atom stereocenters. The highest BCUT2D eigenvalue weighted by molar-refractivity contribution is 5.02. The van der Waals surface area contributed by atoms with Crippen LogP contribution in [0.2, 0.25) is 0 Å². The van der Waals surface area contributed by atoms with Crippen LogP contribution in [0.15, 0.2) is 0 Å². The molecular formula is C31H60N4. The number of rotatable bonds is 8. The fraction of sp³-hybridized carbons (Fsp3) is 1.00. The Labute approximate surface area is 219 Å². The highest BCUT2D eigenvalue weighted by atomic mass is 15.3. The molecule has 4 rings (SSSR count). The van der Waals surface area contributed by atoms with Gasteiger partial charge in [-0.05, 0) is 135 Å². The Hall–Kier alpha value is -0.160. The van der Waals surface area contributed by atoms with E-state index < -0.39 is 0 Å². The zero-order chi connectivity index (χ0) is 25.4. The van der Waals surface area contributed by atoms with E-state index in [-0.39, 0.29) is 0 Å². The predicted molar refractivity (Wildman–Crippen MR) is 151 cm³/mol. The third-order valence-corrected chi connectivity index (χ3v) is 11.0. The average Bonchev–Trinajstić information content (AvgIpc) is 2.79. The van der Waals surface area contributed by atoms with Crippen LogP contribution in [0.25, 0.3) is 0 Å². The summed E-state index contributed by atoms with van der Waals surface area (Å²) in [5.41, 5.74) is 0.994. The Morgan fingerprint density at radius 3 is 2.00 bits per heavy atom. The van der Waals surface area contributed by atoms with Gasteiger partial charge in [-0.1, -0.05) is 13.8 Å². The van der Waals surface area contributed by atoms with Crippen LogP contribution in [0.1, 0.15) is 93.9 Å². The Morgan fingerprint density at radius 2 is 1.37 bits per heavy atom. The summed E-state index contributed by atoms with van der Waals surface area (Å²) in [6, 6.07) is 1.48. The molecule has 4 saturated heterocycles. The number of nitrogens with zero attached hydrogens (tertiary/aromatic N) is 4. The van der Waals surface area contributed by atoms with Crippen molar-refractivity contribution in [2.45, 2.75) is 112 Å². The molecule has 4 heterocycles. The van der Waals surface area contributed by atoms with Gasteiger partial charge in [-0.15, -0.1) is 0 Å². The molecule has 4 aliphatic heterocycles. The van der Waals surface area contributed by atoms with E-state index in [9.17, 15) is 0 Å². The summed E-state index contributed by atoms with van der Waals surface area (Å²) in [7, 11) is 0. The van der Waals surface area contributed by atoms with Gasteiger partial charge in [0.15, 0.2) is 0 Å². The number of piperidine rings is 3. The second-order valence-electron chi connectivity index (χ2n) is 14.9. The van der Waals surface area contributed by atoms with Gasteiger partial charge < -0.3 is 14.7 Å². The minimum Gasteiger partial charge on any atom is -0.303 e. The van der Waals surface area contributed by atoms with Crippen molar-refractivity contribution in [3.8, 4) is 0 Å². The fourth-order valence-electron chi connectivity index (χ4n) is 7.63. The summed E-state index contributed by atoms with van der Waals surface area (Å²) in [6.45, 7) is 31.5. The molecule has 1 spiro atoms. The first-order valence-electron chi connectivity index (χ1n) is 15.4. The molecule has 4 nitrogen and oxygen atoms in total. The number of likely N-dealkylation sites (tertiary alicyclic amines) is 4. The molecular weight excluding hydrogens is 428 g/mol. The lowest BCUT2D eigenvalue weighted by Crippen LogP contribution is -2.65. The molecule has 0 radical (unpaired) electrons. The number of hydrogen-bond acceptors (Lipinski definition) is 4. The highest BCUT2D eigenvalue weighted by Gasteiger charge is 2.48. The van der Waals surface area contributed by atoms with Crippen molar-refractivity contribution in [2.75, 3.05) is 58.9 Å². The molecule has 0 aromatic heterocycles. The molecule has 5 atom stereocenters. The first kappa shape index (κ1) is 27.9. The molecule has 35 heavy (non-hydrogen) atoms. The summed E-state index contributed by atoms with van der Waals surface area (Å²) in [5, 5.41) is 0. The second kappa shape index (κ2) is 11.3. The average molecular weight is 489 g/mol. The first-order valence-corrected chi connectivity index (χ1v) is 15.4. The van der Waals surface area contributed by atoms with Gasteiger partial charge >= 0.3 is 0 Å². The van der Waals surface area contributed by atoms with Crippen molar-refractivity contribution in [3.63, 3.8) is 0 Å². The summed E-state index contributed by atoms with van der Waals surface area (Å²) >= 11 is 0. The molecule has 0 aliphatic carbocycles. The summed E-state index contributed by atoms with van der Waals surface area (Å²) in [5.74, 6) is 3.56. The van der Waals surface area contributed by atoms with Gasteiger partial charge in [0, 0.05) is 50.3 Å².